The maximum absolute atomic E-state index is 12.3. The number of rotatable bonds is 3. The average Bonchev–Trinajstić information content (AvgIpc) is 2.49. The van der Waals surface area contributed by atoms with Gasteiger partial charge in [-0.1, -0.05) is 53.5 Å². The van der Waals surface area contributed by atoms with Gasteiger partial charge in [0.1, 0.15) is 5.69 Å². The summed E-state index contributed by atoms with van der Waals surface area (Å²) in [6.45, 7) is 0. The van der Waals surface area contributed by atoms with E-state index in [1.165, 1.54) is 0 Å². The van der Waals surface area contributed by atoms with Crippen molar-refractivity contribution in [3.63, 3.8) is 0 Å². The molecule has 0 spiro atoms. The molecule has 0 bridgehead atoms. The number of aromatic nitrogens is 1. The molecular formula is C17H11Cl2NO. The Morgan fingerprint density at radius 3 is 2.62 bits per heavy atom. The van der Waals surface area contributed by atoms with Crippen molar-refractivity contribution < 1.29 is 4.79 Å². The van der Waals surface area contributed by atoms with Crippen molar-refractivity contribution in [3.05, 3.63) is 75.9 Å². The minimum Gasteiger partial charge on any atom is -0.292 e. The molecule has 0 saturated carbocycles. The Bertz CT molecular complexity index is 830. The largest absolute Gasteiger partial charge is 0.292 e. The first-order valence-corrected chi connectivity index (χ1v) is 7.22. The first-order valence-electron chi connectivity index (χ1n) is 6.46. The van der Waals surface area contributed by atoms with Crippen LogP contribution in [-0.2, 0) is 6.42 Å². The second-order valence-corrected chi connectivity index (χ2v) is 5.57. The maximum Gasteiger partial charge on any atom is 0.185 e. The van der Waals surface area contributed by atoms with Crippen LogP contribution >= 0.6 is 23.2 Å². The summed E-state index contributed by atoms with van der Waals surface area (Å²) in [5.41, 5.74) is 2.01. The van der Waals surface area contributed by atoms with Crippen LogP contribution in [0.4, 0.5) is 0 Å². The summed E-state index contributed by atoms with van der Waals surface area (Å²) in [7, 11) is 0. The molecule has 104 valence electrons. The number of halogens is 2. The molecule has 0 fully saturated rings. The van der Waals surface area contributed by atoms with Gasteiger partial charge in [0.25, 0.3) is 0 Å². The SMILES string of the molecule is O=C(Cc1ccc(Cl)cc1Cl)c1ccc2ccccc2n1. The number of ketones is 1. The first-order chi connectivity index (χ1) is 10.1. The number of benzene rings is 2. The molecule has 2 nitrogen and oxygen atoms in total. The fourth-order valence-corrected chi connectivity index (χ4v) is 2.63. The Hall–Kier alpha value is -1.90. The van der Waals surface area contributed by atoms with Crippen LogP contribution in [0, 0.1) is 0 Å². The number of carbonyl (C=O) groups excluding carboxylic acids is 1. The van der Waals surface area contributed by atoms with E-state index < -0.39 is 0 Å². The van der Waals surface area contributed by atoms with Crippen molar-refractivity contribution in [1.82, 2.24) is 4.98 Å². The summed E-state index contributed by atoms with van der Waals surface area (Å²) in [5, 5.41) is 2.07. The Morgan fingerprint density at radius 2 is 1.81 bits per heavy atom. The van der Waals surface area contributed by atoms with Crippen LogP contribution in [0.2, 0.25) is 10.0 Å². The van der Waals surface area contributed by atoms with Gasteiger partial charge in [-0.15, -0.1) is 0 Å². The number of Topliss-reactive ketones (excluding diaryl/α,β-unsaturated/α-hetero) is 1. The number of fused-ring (bicyclic) bond motifs is 1. The lowest BCUT2D eigenvalue weighted by Gasteiger charge is -2.05. The van der Waals surface area contributed by atoms with E-state index in [9.17, 15) is 4.79 Å². The Kier molecular flexibility index (Phi) is 3.91. The quantitative estimate of drug-likeness (QED) is 0.639. The predicted octanol–water partition coefficient (Wildman–Crippen LogP) is 4.97. The van der Waals surface area contributed by atoms with Gasteiger partial charge in [0.05, 0.1) is 5.52 Å². The van der Waals surface area contributed by atoms with Crippen molar-refractivity contribution in [2.24, 2.45) is 0 Å². The Morgan fingerprint density at radius 1 is 1.00 bits per heavy atom. The monoisotopic (exact) mass is 315 g/mol. The van der Waals surface area contributed by atoms with Gasteiger partial charge >= 0.3 is 0 Å². The Labute approximate surface area is 132 Å². The van der Waals surface area contributed by atoms with Gasteiger partial charge in [-0.3, -0.25) is 4.79 Å². The third-order valence-corrected chi connectivity index (χ3v) is 3.84. The zero-order valence-corrected chi connectivity index (χ0v) is 12.5. The highest BCUT2D eigenvalue weighted by Crippen LogP contribution is 2.22. The standard InChI is InChI=1S/C17H11Cl2NO/c18-13-7-5-12(14(19)10-13)9-17(21)16-8-6-11-3-1-2-4-15(11)20-16/h1-8,10H,9H2. The Balaban J connectivity index is 1.89. The highest BCUT2D eigenvalue weighted by atomic mass is 35.5. The van der Waals surface area contributed by atoms with Gasteiger partial charge in [0.15, 0.2) is 5.78 Å². The fourth-order valence-electron chi connectivity index (χ4n) is 2.15. The second kappa shape index (κ2) is 5.84. The zero-order chi connectivity index (χ0) is 14.8. The van der Waals surface area contributed by atoms with Gasteiger partial charge in [-0.25, -0.2) is 4.98 Å². The number of para-hydroxylation sites is 1. The van der Waals surface area contributed by atoms with Crippen molar-refractivity contribution in [2.45, 2.75) is 6.42 Å². The zero-order valence-electron chi connectivity index (χ0n) is 11.0. The molecule has 4 heteroatoms. The van der Waals surface area contributed by atoms with Gasteiger partial charge in [0, 0.05) is 21.9 Å². The molecule has 0 aliphatic carbocycles. The first kappa shape index (κ1) is 14.1. The summed E-state index contributed by atoms with van der Waals surface area (Å²) in [6, 6.07) is 16.5. The number of pyridine rings is 1. The fraction of sp³-hybridized carbons (Fsp3) is 0.0588. The van der Waals surface area contributed by atoms with Gasteiger partial charge in [-0.05, 0) is 29.8 Å². The van der Waals surface area contributed by atoms with E-state index in [0.29, 0.717) is 15.7 Å². The molecule has 0 aliphatic heterocycles. The van der Waals surface area contributed by atoms with Crippen LogP contribution < -0.4 is 0 Å². The van der Waals surface area contributed by atoms with Crippen LogP contribution in [0.25, 0.3) is 10.9 Å². The predicted molar refractivity (Wildman–Crippen MR) is 86.2 cm³/mol. The van der Waals surface area contributed by atoms with Crippen LogP contribution in [0.5, 0.6) is 0 Å². The molecule has 0 amide bonds. The van der Waals surface area contributed by atoms with E-state index in [0.717, 1.165) is 16.5 Å². The third-order valence-electron chi connectivity index (χ3n) is 3.25. The summed E-state index contributed by atoms with van der Waals surface area (Å²) in [5.74, 6) is -0.0648. The number of carbonyl (C=O) groups is 1. The van der Waals surface area contributed by atoms with Crippen molar-refractivity contribution in [2.75, 3.05) is 0 Å². The molecule has 21 heavy (non-hydrogen) atoms. The van der Waals surface area contributed by atoms with Crippen LogP contribution in [0.1, 0.15) is 16.1 Å². The molecule has 0 aliphatic rings. The molecule has 0 unspecified atom stereocenters. The number of hydrogen-bond donors (Lipinski definition) is 0. The molecule has 1 aromatic heterocycles. The van der Waals surface area contributed by atoms with Crippen LogP contribution in [-0.4, -0.2) is 10.8 Å². The van der Waals surface area contributed by atoms with Crippen LogP contribution in [0.3, 0.4) is 0 Å². The molecule has 3 aromatic rings. The van der Waals surface area contributed by atoms with E-state index in [-0.39, 0.29) is 12.2 Å². The smallest absolute Gasteiger partial charge is 0.185 e. The molecule has 0 saturated heterocycles. The van der Waals surface area contributed by atoms with Crippen molar-refractivity contribution in [1.29, 1.82) is 0 Å². The number of nitrogens with zero attached hydrogens (tertiary/aromatic N) is 1. The molecule has 1 heterocycles. The second-order valence-electron chi connectivity index (χ2n) is 4.72. The van der Waals surface area contributed by atoms with Crippen molar-refractivity contribution >= 4 is 39.9 Å². The maximum atomic E-state index is 12.3. The molecule has 2 aromatic carbocycles. The molecule has 3 rings (SSSR count). The topological polar surface area (TPSA) is 30.0 Å². The summed E-state index contributed by atoms with van der Waals surface area (Å²) >= 11 is 12.0. The van der Waals surface area contributed by atoms with E-state index >= 15 is 0 Å². The molecule has 0 radical (unpaired) electrons. The highest BCUT2D eigenvalue weighted by molar-refractivity contribution is 6.35. The average molecular weight is 316 g/mol. The summed E-state index contributed by atoms with van der Waals surface area (Å²) in [6.07, 6.45) is 0.210. The van der Waals surface area contributed by atoms with Crippen molar-refractivity contribution in [3.8, 4) is 0 Å². The van der Waals surface area contributed by atoms with E-state index in [1.807, 2.05) is 30.3 Å². The summed E-state index contributed by atoms with van der Waals surface area (Å²) in [4.78, 5) is 16.7. The third kappa shape index (κ3) is 3.07. The lowest BCUT2D eigenvalue weighted by molar-refractivity contribution is 0.0988. The number of hydrogen-bond acceptors (Lipinski definition) is 2. The summed E-state index contributed by atoms with van der Waals surface area (Å²) < 4.78 is 0. The minimum absolute atomic E-state index is 0.0648. The molecule has 0 atom stereocenters. The molecule has 0 N–H and O–H groups in total. The van der Waals surface area contributed by atoms with E-state index in [2.05, 4.69) is 4.98 Å². The van der Waals surface area contributed by atoms with E-state index in [1.54, 1.807) is 24.3 Å². The molecular weight excluding hydrogens is 305 g/mol. The normalized spacial score (nSPS) is 10.8. The van der Waals surface area contributed by atoms with E-state index in [4.69, 9.17) is 23.2 Å². The van der Waals surface area contributed by atoms with Gasteiger partial charge in [0.2, 0.25) is 0 Å². The lowest BCUT2D eigenvalue weighted by Crippen LogP contribution is -2.06. The van der Waals surface area contributed by atoms with Crippen LogP contribution in [0.15, 0.2) is 54.6 Å². The van der Waals surface area contributed by atoms with Gasteiger partial charge < -0.3 is 0 Å². The van der Waals surface area contributed by atoms with Gasteiger partial charge in [-0.2, -0.15) is 0 Å². The minimum atomic E-state index is -0.0648. The highest BCUT2D eigenvalue weighted by Gasteiger charge is 2.12. The lowest BCUT2D eigenvalue weighted by atomic mass is 10.1.